The monoisotopic (exact) mass is 812 g/mol. The van der Waals surface area contributed by atoms with Crippen molar-refractivity contribution in [3.8, 4) is 0 Å². The van der Waals surface area contributed by atoms with Crippen LogP contribution >= 0.6 is 0 Å². The van der Waals surface area contributed by atoms with E-state index in [1.54, 1.807) is 0 Å². The number of hydrogen-bond acceptors (Lipinski definition) is 10. The van der Waals surface area contributed by atoms with Crippen LogP contribution in [0.1, 0.15) is 141 Å². The van der Waals surface area contributed by atoms with Crippen LogP contribution in [0.4, 0.5) is 0 Å². The Kier molecular flexibility index (Phi) is 19.0. The van der Waals surface area contributed by atoms with E-state index in [-0.39, 0.29) is 81.1 Å². The molecule has 4 rings (SSSR count). The van der Waals surface area contributed by atoms with Crippen molar-refractivity contribution >= 4 is 20.3 Å². The second kappa shape index (κ2) is 21.2. The molecule has 4 aliphatic heterocycles. The molecule has 0 amide bonds. The summed E-state index contributed by atoms with van der Waals surface area (Å²) in [5.74, 6) is -0.413. The first-order valence-corrected chi connectivity index (χ1v) is 23.4. The third-order valence-corrected chi connectivity index (χ3v) is 16.6. The molecule has 1 N–H and O–H groups in total. The molecule has 324 valence electrons. The number of carbonyl (C=O) groups excluding carboxylic acids is 2. The van der Waals surface area contributed by atoms with Crippen LogP contribution in [0.3, 0.4) is 0 Å². The number of aliphatic hydroxyl groups excluding tert-OH is 1. The van der Waals surface area contributed by atoms with E-state index in [0.29, 0.717) is 38.9 Å². The van der Waals surface area contributed by atoms with Crippen molar-refractivity contribution in [1.29, 1.82) is 0 Å². The van der Waals surface area contributed by atoms with Crippen LogP contribution in [0, 0.1) is 18.6 Å². The molecule has 4 fully saturated rings. The van der Waals surface area contributed by atoms with Gasteiger partial charge < -0.3 is 47.6 Å². The Morgan fingerprint density at radius 1 is 0.857 bits per heavy atom. The summed E-state index contributed by atoms with van der Waals surface area (Å²) in [7, 11) is -0.566. The summed E-state index contributed by atoms with van der Waals surface area (Å²) >= 11 is 0. The van der Waals surface area contributed by atoms with Crippen molar-refractivity contribution in [1.82, 2.24) is 0 Å². The van der Waals surface area contributed by atoms with Crippen molar-refractivity contribution in [2.24, 2.45) is 5.41 Å². The highest BCUT2D eigenvalue weighted by molar-refractivity contribution is 6.74. The van der Waals surface area contributed by atoms with Crippen LogP contribution < -0.4 is 0 Å². The highest BCUT2D eigenvalue weighted by atomic mass is 28.4. The van der Waals surface area contributed by atoms with Crippen molar-refractivity contribution < 1.29 is 49.0 Å². The van der Waals surface area contributed by atoms with E-state index in [2.05, 4.69) is 48.3 Å². The molecule has 0 unspecified atom stereocenters. The maximum Gasteiger partial charge on any atom is 0.311 e. The maximum atomic E-state index is 12.0. The first kappa shape index (κ1) is 50.0. The van der Waals surface area contributed by atoms with Crippen molar-refractivity contribution in [2.45, 2.75) is 218 Å². The lowest BCUT2D eigenvalue weighted by molar-refractivity contribution is -0.184. The Morgan fingerprint density at radius 3 is 1.84 bits per heavy atom. The van der Waals surface area contributed by atoms with Gasteiger partial charge in [-0.15, -0.1) is 0 Å². The predicted molar refractivity (Wildman–Crippen MR) is 222 cm³/mol. The third kappa shape index (κ3) is 13.7. The molecule has 12 nitrogen and oxygen atoms in total. The number of ether oxygens (including phenoxy) is 6. The van der Waals surface area contributed by atoms with Gasteiger partial charge in [0.05, 0.1) is 69.0 Å². The minimum atomic E-state index is -1.94. The zero-order valence-electron chi connectivity index (χ0n) is 35.7. The lowest BCUT2D eigenvalue weighted by Gasteiger charge is -2.45. The molecule has 0 spiro atoms. The first-order chi connectivity index (χ1) is 25.6. The summed E-state index contributed by atoms with van der Waals surface area (Å²) in [6, 6.07) is -0.115. The molecule has 0 aliphatic carbocycles. The normalized spacial score (nSPS) is 31.2. The molecular weight excluding hydrogens is 733 g/mol. The standard InChI is InChI=1S/C26H47NO5Si.C16H25NO5.CH4.H2/c1-19(27-8)16-20-13-14-22-26(32-20,18-30-33(9,10)25(5,6)7)17-21(31-22)12-11-15-29-23(28)24(2,3)4;1-11(17-2)8-12-4-6-14-16(10-18,22-12)9-13(21-14)5-7-15(19)20-3;;/h19-22H,11-18H2,1-7,9-10H3;11-14,18H,4-10H2,1,3H3;1H4;1H/t19-,20-,21+,22+,26-;11-,12-,13+,14+,16-;;/m11../s1/i;;;1+1. The van der Waals surface area contributed by atoms with E-state index in [1.807, 2.05) is 34.6 Å². The second-order valence-corrected chi connectivity index (χ2v) is 23.8. The Morgan fingerprint density at radius 2 is 1.36 bits per heavy atom. The fourth-order valence-corrected chi connectivity index (χ4v) is 8.77. The van der Waals surface area contributed by atoms with E-state index < -0.39 is 24.9 Å². The second-order valence-electron chi connectivity index (χ2n) is 18.9. The van der Waals surface area contributed by atoms with Gasteiger partial charge >= 0.3 is 11.9 Å². The molecule has 0 saturated carbocycles. The van der Waals surface area contributed by atoms with Gasteiger partial charge in [-0.05, 0) is 83.8 Å². The van der Waals surface area contributed by atoms with Crippen molar-refractivity contribution in [3.05, 3.63) is 22.8 Å². The van der Waals surface area contributed by atoms with Gasteiger partial charge in [0.1, 0.15) is 11.2 Å². The summed E-state index contributed by atoms with van der Waals surface area (Å²) in [5, 5.41) is 9.97. The number of aliphatic hydroxyl groups is 1. The fraction of sp³-hybridized carbons (Fsp3) is 0.907. The van der Waals surface area contributed by atoms with Gasteiger partial charge in [-0.25, -0.2) is 13.1 Å². The van der Waals surface area contributed by atoms with Gasteiger partial charge in [0.15, 0.2) is 8.32 Å². The Labute approximate surface area is 341 Å². The van der Waals surface area contributed by atoms with Crippen molar-refractivity contribution in [2.75, 3.05) is 26.9 Å². The summed E-state index contributed by atoms with van der Waals surface area (Å²) in [6.07, 6.45) is 8.80. The number of rotatable bonds is 15. The maximum absolute atomic E-state index is 12.0. The van der Waals surface area contributed by atoms with E-state index in [1.165, 1.54) is 7.11 Å². The van der Waals surface area contributed by atoms with Gasteiger partial charge in [-0.1, -0.05) is 28.2 Å². The van der Waals surface area contributed by atoms with E-state index in [0.717, 1.165) is 51.4 Å². The number of fused-ring (bicyclic) bond motifs is 2. The molecule has 0 aromatic carbocycles. The van der Waals surface area contributed by atoms with Gasteiger partial charge in [-0.2, -0.15) is 0 Å². The van der Waals surface area contributed by atoms with E-state index >= 15 is 0 Å². The molecule has 13 heteroatoms. The average molecular weight is 812 g/mol. The molecule has 56 heavy (non-hydrogen) atoms. The minimum Gasteiger partial charge on any atom is -0.469 e. The number of nitrogens with zero attached hydrogens (tertiary/aromatic N) is 2. The van der Waals surface area contributed by atoms with E-state index in [4.69, 9.17) is 41.3 Å². The van der Waals surface area contributed by atoms with Gasteiger partial charge in [0, 0.05) is 47.4 Å². The topological polar surface area (TPSA) is 128 Å². The Balaban J connectivity index is 0.000000591. The predicted octanol–water partition coefficient (Wildman–Crippen LogP) is 8.74. The molecular formula is C43H78N2O10Si. The Bertz CT molecular complexity index is 1340. The van der Waals surface area contributed by atoms with Gasteiger partial charge in [-0.3, -0.25) is 9.59 Å². The highest BCUT2D eigenvalue weighted by Crippen LogP contribution is 2.46. The van der Waals surface area contributed by atoms with Gasteiger partial charge in [0.25, 0.3) is 0 Å². The molecule has 4 aliphatic rings. The van der Waals surface area contributed by atoms with Crippen LogP contribution in [0.5, 0.6) is 0 Å². The van der Waals surface area contributed by atoms with Gasteiger partial charge in [0.2, 0.25) is 12.1 Å². The molecule has 0 bridgehead atoms. The Hall–Kier alpha value is -2.10. The fourth-order valence-electron chi connectivity index (χ4n) is 7.73. The molecule has 4 saturated heterocycles. The summed E-state index contributed by atoms with van der Waals surface area (Å²) < 4.78 is 42.1. The average Bonchev–Trinajstić information content (AvgIpc) is 3.68. The summed E-state index contributed by atoms with van der Waals surface area (Å²) in [4.78, 5) is 30.5. The molecule has 0 aromatic heterocycles. The number of esters is 2. The number of carbonyl (C=O) groups is 2. The van der Waals surface area contributed by atoms with Crippen LogP contribution in [0.25, 0.3) is 9.69 Å². The molecule has 0 radical (unpaired) electrons. The minimum absolute atomic E-state index is 0. The SMILES string of the molecule is C.[2HH].[C-]#[N+][C@H](C)C[C@H]1CC[C@@H]2O[C@@H](CCC(=O)OC)C[C@]2(CO)O1.[C-]#[N+][C@H](C)C[C@H]1CC[C@@H]2O[C@@H](CCCOC(=O)C(C)(C)C)C[C@]2(CO[Si](C)(C)C(C)(C)C)O1. The molecule has 10 atom stereocenters. The first-order valence-electron chi connectivity index (χ1n) is 20.5. The van der Waals surface area contributed by atoms with Crippen molar-refractivity contribution in [3.63, 3.8) is 0 Å². The lowest BCUT2D eigenvalue weighted by Crippen LogP contribution is -2.55. The zero-order valence-corrected chi connectivity index (χ0v) is 36.7. The molecule has 0 aromatic rings. The molecule has 4 heterocycles. The summed E-state index contributed by atoms with van der Waals surface area (Å²) in [6.45, 7) is 36.1. The smallest absolute Gasteiger partial charge is 0.311 e. The van der Waals surface area contributed by atoms with Crippen LogP contribution in [0.15, 0.2) is 0 Å². The third-order valence-electron chi connectivity index (χ3n) is 12.2. The van der Waals surface area contributed by atoms with Crippen LogP contribution in [0.2, 0.25) is 18.1 Å². The largest absolute Gasteiger partial charge is 0.469 e. The number of methoxy groups -OCH3 is 1. The summed E-state index contributed by atoms with van der Waals surface area (Å²) in [5.41, 5.74) is -1.60. The quantitative estimate of drug-likeness (QED) is 0.0743. The van der Waals surface area contributed by atoms with Crippen LogP contribution in [-0.2, 0) is 42.4 Å². The van der Waals surface area contributed by atoms with Crippen LogP contribution in [-0.4, -0.2) is 112 Å². The lowest BCUT2D eigenvalue weighted by atomic mass is 9.85. The number of hydrogen-bond donors (Lipinski definition) is 1. The zero-order chi connectivity index (χ0) is 41.2. The highest BCUT2D eigenvalue weighted by Gasteiger charge is 2.55. The van der Waals surface area contributed by atoms with E-state index in [9.17, 15) is 14.7 Å².